The Morgan fingerprint density at radius 3 is 2.44 bits per heavy atom. The van der Waals surface area contributed by atoms with Crippen LogP contribution in [0.25, 0.3) is 0 Å². The van der Waals surface area contributed by atoms with Crippen molar-refractivity contribution in [1.82, 2.24) is 9.80 Å². The van der Waals surface area contributed by atoms with Crippen LogP contribution >= 0.6 is 0 Å². The fourth-order valence-corrected chi connectivity index (χ4v) is 7.59. The largest absolute Gasteiger partial charge is 0.396 e. The van der Waals surface area contributed by atoms with Gasteiger partial charge in [-0.1, -0.05) is 50.6 Å². The normalized spacial score (nSPS) is 28.8. The molecule has 1 N–H and O–H groups in total. The molecule has 1 spiro atoms. The van der Waals surface area contributed by atoms with E-state index < -0.39 is 29.1 Å². The molecule has 3 amide bonds. The average molecular weight is 566 g/mol. The van der Waals surface area contributed by atoms with Gasteiger partial charge in [0.25, 0.3) is 0 Å². The number of anilines is 1. The van der Waals surface area contributed by atoms with Crippen LogP contribution < -0.4 is 4.90 Å². The number of ether oxygens (including phenoxy) is 1. The van der Waals surface area contributed by atoms with E-state index in [-0.39, 0.29) is 30.4 Å². The van der Waals surface area contributed by atoms with Gasteiger partial charge in [0.05, 0.1) is 17.4 Å². The van der Waals surface area contributed by atoms with Crippen LogP contribution in [-0.4, -0.2) is 82.2 Å². The molecule has 0 aromatic heterocycles. The number of fused-ring (bicyclic) bond motifs is 1. The van der Waals surface area contributed by atoms with E-state index in [2.05, 4.69) is 20.1 Å². The van der Waals surface area contributed by atoms with Gasteiger partial charge in [-0.05, 0) is 57.6 Å². The molecule has 2 bridgehead atoms. The quantitative estimate of drug-likeness (QED) is 0.253. The lowest BCUT2D eigenvalue weighted by Crippen LogP contribution is -2.58. The number of rotatable bonds is 15. The van der Waals surface area contributed by atoms with Gasteiger partial charge in [0.15, 0.2) is 0 Å². The van der Waals surface area contributed by atoms with Crippen molar-refractivity contribution in [2.75, 3.05) is 31.1 Å². The molecule has 3 aliphatic rings. The Morgan fingerprint density at radius 1 is 1.12 bits per heavy atom. The van der Waals surface area contributed by atoms with Crippen LogP contribution in [0.1, 0.15) is 65.7 Å². The highest BCUT2D eigenvalue weighted by atomic mass is 16.5. The number of carbonyl (C=O) groups is 3. The first kappa shape index (κ1) is 31.0. The molecule has 1 aromatic carbocycles. The van der Waals surface area contributed by atoms with Crippen LogP contribution in [0.3, 0.4) is 0 Å². The van der Waals surface area contributed by atoms with Gasteiger partial charge in [-0.25, -0.2) is 0 Å². The highest BCUT2D eigenvalue weighted by molar-refractivity contribution is 6.03. The molecule has 0 radical (unpaired) electrons. The van der Waals surface area contributed by atoms with E-state index in [0.29, 0.717) is 51.7 Å². The topological polar surface area (TPSA) is 90.4 Å². The first-order valence-corrected chi connectivity index (χ1v) is 15.3. The minimum atomic E-state index is -1.08. The smallest absolute Gasteiger partial charge is 0.248 e. The zero-order valence-electron chi connectivity index (χ0n) is 25.0. The molecule has 3 saturated heterocycles. The Labute approximate surface area is 245 Å². The van der Waals surface area contributed by atoms with Crippen LogP contribution in [0.15, 0.2) is 55.6 Å². The van der Waals surface area contributed by atoms with E-state index >= 15 is 0 Å². The SMILES string of the molecule is C=CCN(C(=O)[C@@H]1[C@H]2C(=O)N(CCCCO)C(C(=O)N(CC=C)C(C)CCC)C23CC[C@@]1(CC)O3)c1ccccc1. The van der Waals surface area contributed by atoms with Crippen LogP contribution in [0.4, 0.5) is 5.69 Å². The molecule has 6 atom stereocenters. The number of unbranched alkanes of at least 4 members (excludes halogenated alkanes) is 1. The molecule has 224 valence electrons. The standard InChI is InChI=1S/C33H47N3O5/c1-6-15-24(5)34(20-7-2)31(40)28-33-19-18-32(9-4,41-33)26(27(33)30(39)36(28)22-13-14-23-37)29(38)35(21-8-3)25-16-11-10-12-17-25/h7-8,10-12,16-17,24,26-28,37H,2-3,6,9,13-15,18-23H2,1,4-5H3/t24?,26-,27-,28?,32+,33?/m0/s1. The molecule has 3 fully saturated rings. The summed E-state index contributed by atoms with van der Waals surface area (Å²) in [5, 5.41) is 9.46. The fraction of sp³-hybridized carbons (Fsp3) is 0.606. The summed E-state index contributed by atoms with van der Waals surface area (Å²) in [6, 6.07) is 8.58. The van der Waals surface area contributed by atoms with Crippen molar-refractivity contribution in [2.24, 2.45) is 11.8 Å². The summed E-state index contributed by atoms with van der Waals surface area (Å²) >= 11 is 0. The maximum atomic E-state index is 14.5. The van der Waals surface area contributed by atoms with Gasteiger partial charge < -0.3 is 24.5 Å². The minimum absolute atomic E-state index is 0.00941. The maximum Gasteiger partial charge on any atom is 0.248 e. The van der Waals surface area contributed by atoms with Crippen LogP contribution in [0.2, 0.25) is 0 Å². The lowest BCUT2D eigenvalue weighted by Gasteiger charge is -2.39. The van der Waals surface area contributed by atoms with Crippen molar-refractivity contribution < 1.29 is 24.2 Å². The summed E-state index contributed by atoms with van der Waals surface area (Å²) in [4.78, 5) is 48.7. The third kappa shape index (κ3) is 5.25. The highest BCUT2D eigenvalue weighted by Crippen LogP contribution is 2.64. The Morgan fingerprint density at radius 2 is 1.83 bits per heavy atom. The Hall–Kier alpha value is -2.97. The third-order valence-corrected chi connectivity index (χ3v) is 9.48. The number of para-hydroxylation sites is 1. The van der Waals surface area contributed by atoms with Crippen molar-refractivity contribution >= 4 is 23.4 Å². The van der Waals surface area contributed by atoms with Crippen LogP contribution in [0.5, 0.6) is 0 Å². The number of aliphatic hydroxyl groups excluding tert-OH is 1. The molecule has 8 nitrogen and oxygen atoms in total. The van der Waals surface area contributed by atoms with Crippen molar-refractivity contribution in [1.29, 1.82) is 0 Å². The van der Waals surface area contributed by atoms with Crippen molar-refractivity contribution in [3.8, 4) is 0 Å². The molecule has 41 heavy (non-hydrogen) atoms. The number of carbonyl (C=O) groups excluding carboxylic acids is 3. The predicted molar refractivity (Wildman–Crippen MR) is 160 cm³/mol. The molecule has 4 rings (SSSR count). The molecule has 3 aliphatic heterocycles. The summed E-state index contributed by atoms with van der Waals surface area (Å²) in [5.41, 5.74) is -1.16. The number of hydrogen-bond acceptors (Lipinski definition) is 5. The Bertz CT molecular complexity index is 1130. The van der Waals surface area contributed by atoms with E-state index in [9.17, 15) is 19.5 Å². The first-order valence-electron chi connectivity index (χ1n) is 15.3. The average Bonchev–Trinajstić information content (AvgIpc) is 3.58. The highest BCUT2D eigenvalue weighted by Gasteiger charge is 2.79. The van der Waals surface area contributed by atoms with E-state index in [1.54, 1.807) is 22.0 Å². The number of nitrogens with zero attached hydrogens (tertiary/aromatic N) is 3. The van der Waals surface area contributed by atoms with Gasteiger partial charge in [0.1, 0.15) is 11.6 Å². The van der Waals surface area contributed by atoms with E-state index in [0.717, 1.165) is 18.5 Å². The Balaban J connectivity index is 1.80. The van der Waals surface area contributed by atoms with Gasteiger partial charge in [-0.3, -0.25) is 14.4 Å². The van der Waals surface area contributed by atoms with E-state index in [4.69, 9.17) is 4.74 Å². The Kier molecular flexibility index (Phi) is 9.75. The molecule has 0 saturated carbocycles. The third-order valence-electron chi connectivity index (χ3n) is 9.48. The summed E-state index contributed by atoms with van der Waals surface area (Å²) in [5.74, 6) is -1.97. The lowest BCUT2D eigenvalue weighted by atomic mass is 9.64. The fourth-order valence-electron chi connectivity index (χ4n) is 7.59. The van der Waals surface area contributed by atoms with Crippen molar-refractivity contribution in [3.05, 3.63) is 55.6 Å². The number of hydrogen-bond donors (Lipinski definition) is 1. The van der Waals surface area contributed by atoms with Gasteiger partial charge in [0.2, 0.25) is 17.7 Å². The van der Waals surface area contributed by atoms with Gasteiger partial charge >= 0.3 is 0 Å². The minimum Gasteiger partial charge on any atom is -0.396 e. The monoisotopic (exact) mass is 565 g/mol. The second kappa shape index (κ2) is 12.9. The predicted octanol–water partition coefficient (Wildman–Crippen LogP) is 4.34. The molecule has 3 heterocycles. The van der Waals surface area contributed by atoms with E-state index in [1.165, 1.54) is 0 Å². The molecule has 0 aliphatic carbocycles. The second-order valence-corrected chi connectivity index (χ2v) is 11.8. The molecule has 1 aromatic rings. The summed E-state index contributed by atoms with van der Waals surface area (Å²) < 4.78 is 6.97. The first-order chi connectivity index (χ1) is 19.8. The summed E-state index contributed by atoms with van der Waals surface area (Å²) in [6.07, 6.45) is 7.98. The summed E-state index contributed by atoms with van der Waals surface area (Å²) in [6.45, 7) is 14.9. The summed E-state index contributed by atoms with van der Waals surface area (Å²) in [7, 11) is 0. The van der Waals surface area contributed by atoms with Crippen molar-refractivity contribution in [2.45, 2.75) is 89.0 Å². The molecular weight excluding hydrogens is 518 g/mol. The lowest BCUT2D eigenvalue weighted by molar-refractivity contribution is -0.154. The molecule has 8 heteroatoms. The maximum absolute atomic E-state index is 14.5. The van der Waals surface area contributed by atoms with Gasteiger partial charge in [-0.15, -0.1) is 13.2 Å². The molecular formula is C33H47N3O5. The number of aliphatic hydroxyl groups is 1. The van der Waals surface area contributed by atoms with Gasteiger partial charge in [0, 0.05) is 38.0 Å². The van der Waals surface area contributed by atoms with Crippen LogP contribution in [0, 0.1) is 11.8 Å². The number of amides is 3. The second-order valence-electron chi connectivity index (χ2n) is 11.8. The van der Waals surface area contributed by atoms with Crippen LogP contribution in [-0.2, 0) is 19.1 Å². The van der Waals surface area contributed by atoms with Crippen molar-refractivity contribution in [3.63, 3.8) is 0 Å². The zero-order valence-corrected chi connectivity index (χ0v) is 25.0. The van der Waals surface area contributed by atoms with E-state index in [1.807, 2.05) is 49.1 Å². The zero-order chi connectivity index (χ0) is 29.8. The number of benzene rings is 1. The molecule has 3 unspecified atom stereocenters. The number of likely N-dealkylation sites (tertiary alicyclic amines) is 1. The van der Waals surface area contributed by atoms with Gasteiger partial charge in [-0.2, -0.15) is 0 Å².